The monoisotopic (exact) mass is 391 g/mol. The summed E-state index contributed by atoms with van der Waals surface area (Å²) in [6.07, 6.45) is -1.43. The molecule has 2 heterocycles. The van der Waals surface area contributed by atoms with E-state index in [1.54, 1.807) is 6.20 Å². The van der Waals surface area contributed by atoms with Crippen LogP contribution in [0, 0.1) is 0 Å². The first-order valence-corrected chi connectivity index (χ1v) is 9.97. The lowest BCUT2D eigenvalue weighted by molar-refractivity contribution is -0.139. The van der Waals surface area contributed by atoms with Crippen LogP contribution in [0.5, 0.6) is 0 Å². The molecule has 0 aliphatic carbocycles. The normalized spacial score (nSPS) is 18.7. The van der Waals surface area contributed by atoms with E-state index in [4.69, 9.17) is 0 Å². The maximum absolute atomic E-state index is 13.1. The fourth-order valence-corrected chi connectivity index (χ4v) is 4.92. The van der Waals surface area contributed by atoms with Crippen LogP contribution in [-0.4, -0.2) is 32.5 Å². The Balaban J connectivity index is 1.77. The van der Waals surface area contributed by atoms with Crippen LogP contribution >= 0.6 is 11.3 Å². The first-order chi connectivity index (χ1) is 11.8. The summed E-state index contributed by atoms with van der Waals surface area (Å²) in [5.41, 5.74) is -1.16. The molecule has 1 atom stereocenters. The molecular weight excluding hydrogens is 375 g/mol. The molecule has 136 valence electrons. The van der Waals surface area contributed by atoms with Crippen LogP contribution in [0.4, 0.5) is 18.3 Å². The van der Waals surface area contributed by atoms with Gasteiger partial charge in [0.1, 0.15) is 0 Å². The molecule has 1 N–H and O–H groups in total. The zero-order valence-corrected chi connectivity index (χ0v) is 14.7. The fourth-order valence-electron chi connectivity index (χ4n) is 2.88. The number of rotatable bonds is 5. The minimum absolute atomic E-state index is 0.0358. The van der Waals surface area contributed by atoms with Gasteiger partial charge in [-0.2, -0.15) is 13.2 Å². The second-order valence-corrected chi connectivity index (χ2v) is 8.26. The van der Waals surface area contributed by atoms with Crippen molar-refractivity contribution >= 4 is 26.5 Å². The summed E-state index contributed by atoms with van der Waals surface area (Å²) < 4.78 is 66.3. The summed E-state index contributed by atoms with van der Waals surface area (Å²) in [6, 6.07) is 4.06. The van der Waals surface area contributed by atoms with Gasteiger partial charge in [-0.15, -0.1) is 11.3 Å². The number of benzene rings is 1. The average molecular weight is 391 g/mol. The lowest BCUT2D eigenvalue weighted by Crippen LogP contribution is -2.40. The number of hydrogen-bond acceptors (Lipinski definition) is 5. The highest BCUT2D eigenvalue weighted by atomic mass is 32.2. The third-order valence-corrected chi connectivity index (χ3v) is 6.32. The van der Waals surface area contributed by atoms with Crippen molar-refractivity contribution in [3.63, 3.8) is 0 Å². The molecule has 25 heavy (non-hydrogen) atoms. The lowest BCUT2D eigenvalue weighted by Gasteiger charge is -2.24. The highest BCUT2D eigenvalue weighted by Crippen LogP contribution is 2.34. The van der Waals surface area contributed by atoms with E-state index in [1.165, 1.54) is 23.5 Å². The standard InChI is InChI=1S/C15H16F3N3O2S2/c16-15(17,18)12-5-1-2-6-13(12)25(22,23)20-10-11-4-3-8-21(11)14-19-7-9-24-14/h1-2,5-7,9,11,20H,3-4,8,10H2/t11-/m0/s1. The molecule has 5 nitrogen and oxygen atoms in total. The van der Waals surface area contributed by atoms with Crippen molar-refractivity contribution in [3.05, 3.63) is 41.4 Å². The van der Waals surface area contributed by atoms with Gasteiger partial charge in [-0.1, -0.05) is 12.1 Å². The smallest absolute Gasteiger partial charge is 0.344 e. The molecule has 0 saturated carbocycles. The molecule has 10 heteroatoms. The van der Waals surface area contributed by atoms with Gasteiger partial charge in [0.15, 0.2) is 5.13 Å². The lowest BCUT2D eigenvalue weighted by atomic mass is 10.2. The fraction of sp³-hybridized carbons (Fsp3) is 0.400. The Morgan fingerprint density at radius 1 is 1.32 bits per heavy atom. The van der Waals surface area contributed by atoms with Crippen LogP contribution in [0.15, 0.2) is 40.7 Å². The summed E-state index contributed by atoms with van der Waals surface area (Å²) in [7, 11) is -4.27. The van der Waals surface area contributed by atoms with Crippen molar-refractivity contribution in [1.29, 1.82) is 0 Å². The van der Waals surface area contributed by atoms with Gasteiger partial charge in [0.25, 0.3) is 0 Å². The number of hydrogen-bond donors (Lipinski definition) is 1. The Labute approximate surface area is 147 Å². The SMILES string of the molecule is O=S(=O)(NC[C@@H]1CCCN1c1nccs1)c1ccccc1C(F)(F)F. The Kier molecular flexibility index (Phi) is 5.03. The van der Waals surface area contributed by atoms with Crippen LogP contribution in [0.2, 0.25) is 0 Å². The summed E-state index contributed by atoms with van der Waals surface area (Å²) in [6.45, 7) is 0.785. The quantitative estimate of drug-likeness (QED) is 0.851. The molecule has 1 aliphatic rings. The van der Waals surface area contributed by atoms with Crippen LogP contribution in [0.3, 0.4) is 0 Å². The number of nitrogens with one attached hydrogen (secondary N) is 1. The van der Waals surface area contributed by atoms with Crippen molar-refractivity contribution in [2.45, 2.75) is 30.0 Å². The molecule has 3 rings (SSSR count). The van der Waals surface area contributed by atoms with Crippen LogP contribution in [-0.2, 0) is 16.2 Å². The largest absolute Gasteiger partial charge is 0.417 e. The molecule has 1 aliphatic heterocycles. The molecule has 0 spiro atoms. The molecule has 0 unspecified atom stereocenters. The van der Waals surface area contributed by atoms with E-state index in [2.05, 4.69) is 9.71 Å². The molecule has 1 fully saturated rings. The molecule has 0 bridgehead atoms. The number of alkyl halides is 3. The van der Waals surface area contributed by atoms with Gasteiger partial charge in [-0.3, -0.25) is 0 Å². The van der Waals surface area contributed by atoms with Gasteiger partial charge in [0.05, 0.1) is 10.5 Å². The minimum Gasteiger partial charge on any atom is -0.344 e. The van der Waals surface area contributed by atoms with E-state index in [0.717, 1.165) is 36.7 Å². The third kappa shape index (κ3) is 3.96. The molecule has 0 amide bonds. The van der Waals surface area contributed by atoms with Crippen molar-refractivity contribution in [2.24, 2.45) is 0 Å². The maximum Gasteiger partial charge on any atom is 0.417 e. The number of nitrogens with zero attached hydrogens (tertiary/aromatic N) is 2. The number of aromatic nitrogens is 1. The van der Waals surface area contributed by atoms with Crippen molar-refractivity contribution in [1.82, 2.24) is 9.71 Å². The Morgan fingerprint density at radius 3 is 2.76 bits per heavy atom. The average Bonchev–Trinajstić information content (AvgIpc) is 3.23. The van der Waals surface area contributed by atoms with Gasteiger partial charge in [0.2, 0.25) is 10.0 Å². The summed E-state index contributed by atoms with van der Waals surface area (Å²) >= 11 is 1.45. The molecule has 1 aromatic carbocycles. The number of thiazole rings is 1. The Hall–Kier alpha value is -1.65. The first kappa shape index (κ1) is 18.2. The van der Waals surface area contributed by atoms with E-state index >= 15 is 0 Å². The predicted molar refractivity (Wildman–Crippen MR) is 89.1 cm³/mol. The van der Waals surface area contributed by atoms with E-state index in [9.17, 15) is 21.6 Å². The van der Waals surface area contributed by atoms with Gasteiger partial charge >= 0.3 is 6.18 Å². The van der Waals surface area contributed by atoms with Gasteiger partial charge in [0, 0.05) is 30.7 Å². The van der Waals surface area contributed by atoms with Crippen LogP contribution in [0.1, 0.15) is 18.4 Å². The van der Waals surface area contributed by atoms with E-state index in [1.807, 2.05) is 10.3 Å². The second-order valence-electron chi connectivity index (χ2n) is 5.65. The highest BCUT2D eigenvalue weighted by Gasteiger charge is 2.37. The Morgan fingerprint density at radius 2 is 2.08 bits per heavy atom. The van der Waals surface area contributed by atoms with E-state index in [0.29, 0.717) is 0 Å². The maximum atomic E-state index is 13.1. The minimum atomic E-state index is -4.73. The van der Waals surface area contributed by atoms with Gasteiger partial charge in [-0.05, 0) is 25.0 Å². The van der Waals surface area contributed by atoms with Crippen LogP contribution < -0.4 is 9.62 Å². The predicted octanol–water partition coefficient (Wildman–Crippen LogP) is 3.11. The molecule has 1 aromatic heterocycles. The third-order valence-electron chi connectivity index (χ3n) is 4.03. The topological polar surface area (TPSA) is 62.3 Å². The van der Waals surface area contributed by atoms with Crippen molar-refractivity contribution in [2.75, 3.05) is 18.0 Å². The Bertz CT molecular complexity index is 823. The van der Waals surface area contributed by atoms with E-state index < -0.39 is 26.7 Å². The van der Waals surface area contributed by atoms with Crippen LogP contribution in [0.25, 0.3) is 0 Å². The zero-order chi connectivity index (χ0) is 18.1. The summed E-state index contributed by atoms with van der Waals surface area (Å²) in [4.78, 5) is 5.46. The zero-order valence-electron chi connectivity index (χ0n) is 13.0. The second kappa shape index (κ2) is 6.93. The van der Waals surface area contributed by atoms with Crippen molar-refractivity contribution in [3.8, 4) is 0 Å². The molecule has 2 aromatic rings. The van der Waals surface area contributed by atoms with Crippen molar-refractivity contribution < 1.29 is 21.6 Å². The molecule has 0 radical (unpaired) electrons. The first-order valence-electron chi connectivity index (χ1n) is 7.61. The number of anilines is 1. The number of halogens is 3. The number of sulfonamides is 1. The highest BCUT2D eigenvalue weighted by molar-refractivity contribution is 7.89. The van der Waals surface area contributed by atoms with Gasteiger partial charge < -0.3 is 4.90 Å². The molecular formula is C15H16F3N3O2S2. The summed E-state index contributed by atoms with van der Waals surface area (Å²) in [5, 5.41) is 2.62. The van der Waals surface area contributed by atoms with Gasteiger partial charge in [-0.25, -0.2) is 18.1 Å². The van der Waals surface area contributed by atoms with E-state index in [-0.39, 0.29) is 12.6 Å². The summed E-state index contributed by atoms with van der Waals surface area (Å²) in [5.74, 6) is 0. The molecule has 1 saturated heterocycles.